The fourth-order valence-corrected chi connectivity index (χ4v) is 2.11. The number of nitriles is 1. The van der Waals surface area contributed by atoms with Gasteiger partial charge in [0.1, 0.15) is 0 Å². The van der Waals surface area contributed by atoms with Crippen LogP contribution < -0.4 is 5.32 Å². The molecule has 0 saturated heterocycles. The summed E-state index contributed by atoms with van der Waals surface area (Å²) >= 11 is 0. The van der Waals surface area contributed by atoms with Crippen LogP contribution in [0.2, 0.25) is 0 Å². The van der Waals surface area contributed by atoms with E-state index in [0.717, 1.165) is 6.08 Å². The first-order chi connectivity index (χ1) is 11.9. The first kappa shape index (κ1) is 18.2. The number of rotatable bonds is 5. The van der Waals surface area contributed by atoms with Gasteiger partial charge in [0.05, 0.1) is 24.3 Å². The van der Waals surface area contributed by atoms with Gasteiger partial charge in [0.2, 0.25) is 5.91 Å². The number of hydrogen-bond acceptors (Lipinski definition) is 3. The minimum atomic E-state index is -1.62. The van der Waals surface area contributed by atoms with Gasteiger partial charge in [-0.1, -0.05) is 12.1 Å². The van der Waals surface area contributed by atoms with Gasteiger partial charge in [-0.15, -0.1) is 0 Å². The average Bonchev–Trinajstić information content (AvgIpc) is 2.62. The van der Waals surface area contributed by atoms with Crippen molar-refractivity contribution in [1.29, 1.82) is 5.26 Å². The molecule has 7 heteroatoms. The van der Waals surface area contributed by atoms with Crippen molar-refractivity contribution in [2.75, 3.05) is 6.61 Å². The fraction of sp³-hybridized carbons (Fsp3) is 0.111. The summed E-state index contributed by atoms with van der Waals surface area (Å²) in [6, 6.07) is 8.78. The zero-order valence-electron chi connectivity index (χ0n) is 12.8. The highest BCUT2D eigenvalue weighted by atomic mass is 19.2. The second-order valence-electron chi connectivity index (χ2n) is 5.11. The molecule has 0 aliphatic carbocycles. The van der Waals surface area contributed by atoms with Crippen LogP contribution in [0.4, 0.5) is 13.2 Å². The zero-order chi connectivity index (χ0) is 18.4. The summed E-state index contributed by atoms with van der Waals surface area (Å²) in [5.74, 6) is -5.08. The van der Waals surface area contributed by atoms with Crippen LogP contribution in [0.5, 0.6) is 0 Å². The van der Waals surface area contributed by atoms with Crippen molar-refractivity contribution in [1.82, 2.24) is 5.32 Å². The molecule has 0 spiro atoms. The first-order valence-corrected chi connectivity index (χ1v) is 7.18. The molecule has 0 aliphatic rings. The van der Waals surface area contributed by atoms with E-state index in [-0.39, 0.29) is 5.56 Å². The predicted molar refractivity (Wildman–Crippen MR) is 84.5 cm³/mol. The van der Waals surface area contributed by atoms with Gasteiger partial charge in [-0.25, -0.2) is 13.2 Å². The van der Waals surface area contributed by atoms with Crippen LogP contribution >= 0.6 is 0 Å². The number of carbonyl (C=O) groups is 1. The van der Waals surface area contributed by atoms with E-state index in [1.807, 2.05) is 6.07 Å². The van der Waals surface area contributed by atoms with Crippen LogP contribution in [-0.4, -0.2) is 17.6 Å². The van der Waals surface area contributed by atoms with E-state index in [9.17, 15) is 23.1 Å². The zero-order valence-corrected chi connectivity index (χ0v) is 12.8. The number of nitrogens with one attached hydrogen (secondary N) is 1. The fourth-order valence-electron chi connectivity index (χ4n) is 2.11. The maximum atomic E-state index is 13.3. The van der Waals surface area contributed by atoms with E-state index in [4.69, 9.17) is 5.26 Å². The van der Waals surface area contributed by atoms with Crippen LogP contribution in [-0.2, 0) is 4.79 Å². The van der Waals surface area contributed by atoms with E-state index < -0.39 is 36.0 Å². The Kier molecular flexibility index (Phi) is 5.93. The van der Waals surface area contributed by atoms with Crippen molar-refractivity contribution in [3.63, 3.8) is 0 Å². The van der Waals surface area contributed by atoms with Crippen molar-refractivity contribution >= 4 is 12.0 Å². The Morgan fingerprint density at radius 3 is 2.52 bits per heavy atom. The molecule has 1 unspecified atom stereocenters. The van der Waals surface area contributed by atoms with Gasteiger partial charge in [0, 0.05) is 6.08 Å². The molecule has 128 valence electrons. The number of hydrogen-bond donors (Lipinski definition) is 2. The number of aliphatic hydroxyl groups excluding tert-OH is 1. The number of amides is 1. The normalized spacial score (nSPS) is 12.0. The molecule has 4 nitrogen and oxygen atoms in total. The maximum absolute atomic E-state index is 13.3. The molecule has 2 N–H and O–H groups in total. The second kappa shape index (κ2) is 8.13. The van der Waals surface area contributed by atoms with Crippen LogP contribution in [0.25, 0.3) is 6.08 Å². The van der Waals surface area contributed by atoms with Crippen molar-refractivity contribution in [2.45, 2.75) is 6.04 Å². The Balaban J connectivity index is 2.12. The van der Waals surface area contributed by atoms with E-state index >= 15 is 0 Å². The average molecular weight is 346 g/mol. The van der Waals surface area contributed by atoms with Crippen LogP contribution in [0, 0.1) is 28.8 Å². The molecule has 0 bridgehead atoms. The van der Waals surface area contributed by atoms with Gasteiger partial charge in [-0.3, -0.25) is 4.79 Å². The Bertz CT molecular complexity index is 837. The van der Waals surface area contributed by atoms with E-state index in [1.165, 1.54) is 6.08 Å². The van der Waals surface area contributed by atoms with Gasteiger partial charge in [0.15, 0.2) is 17.5 Å². The van der Waals surface area contributed by atoms with Crippen LogP contribution in [0.3, 0.4) is 0 Å². The highest BCUT2D eigenvalue weighted by molar-refractivity contribution is 5.92. The molecule has 0 aliphatic heterocycles. The van der Waals surface area contributed by atoms with Crippen molar-refractivity contribution in [2.24, 2.45) is 0 Å². The van der Waals surface area contributed by atoms with Gasteiger partial charge < -0.3 is 10.4 Å². The monoisotopic (exact) mass is 346 g/mol. The number of carbonyl (C=O) groups excluding carboxylic acids is 1. The smallest absolute Gasteiger partial charge is 0.244 e. The molecule has 2 aromatic carbocycles. The number of halogens is 3. The summed E-state index contributed by atoms with van der Waals surface area (Å²) < 4.78 is 39.5. The lowest BCUT2D eigenvalue weighted by molar-refractivity contribution is -0.117. The molecule has 1 amide bonds. The summed E-state index contributed by atoms with van der Waals surface area (Å²) in [5.41, 5.74) is 0.925. The van der Waals surface area contributed by atoms with Crippen molar-refractivity contribution in [3.8, 4) is 6.07 Å². The van der Waals surface area contributed by atoms with Crippen molar-refractivity contribution < 1.29 is 23.1 Å². The van der Waals surface area contributed by atoms with Gasteiger partial charge in [-0.05, 0) is 41.5 Å². The summed E-state index contributed by atoms with van der Waals surface area (Å²) in [6.07, 6.45) is 2.59. The summed E-state index contributed by atoms with van der Waals surface area (Å²) in [6.45, 7) is -0.631. The van der Waals surface area contributed by atoms with Crippen molar-refractivity contribution in [3.05, 3.63) is 76.6 Å². The molecule has 0 radical (unpaired) electrons. The third-order valence-electron chi connectivity index (χ3n) is 3.35. The molecule has 0 saturated carbocycles. The number of benzene rings is 2. The maximum Gasteiger partial charge on any atom is 0.244 e. The standard InChI is InChI=1S/C18H13F3N2O2/c19-14-7-13(8-15(20)18(14)21)16(10-24)23-17(25)5-4-11-2-1-3-12(6-11)9-22/h1-8,16,24H,10H2,(H,23,25)/b5-4+. The molecule has 2 aromatic rings. The SMILES string of the molecule is N#Cc1cccc(/C=C/C(=O)NC(CO)c2cc(F)c(F)c(F)c2)c1. The van der Waals surface area contributed by atoms with Crippen LogP contribution in [0.15, 0.2) is 42.5 Å². The predicted octanol–water partition coefficient (Wildman–Crippen LogP) is 2.84. The quantitative estimate of drug-likeness (QED) is 0.646. The number of aliphatic hydroxyl groups is 1. The van der Waals surface area contributed by atoms with Gasteiger partial charge >= 0.3 is 0 Å². The summed E-state index contributed by atoms with van der Waals surface area (Å²) in [4.78, 5) is 11.9. The lowest BCUT2D eigenvalue weighted by Gasteiger charge is -2.16. The Morgan fingerprint density at radius 2 is 1.92 bits per heavy atom. The molecular weight excluding hydrogens is 333 g/mol. The molecule has 1 atom stereocenters. The topological polar surface area (TPSA) is 73.1 Å². The van der Waals surface area contributed by atoms with Gasteiger partial charge in [-0.2, -0.15) is 5.26 Å². The molecule has 25 heavy (non-hydrogen) atoms. The lowest BCUT2D eigenvalue weighted by atomic mass is 10.1. The summed E-state index contributed by atoms with van der Waals surface area (Å²) in [7, 11) is 0. The van der Waals surface area contributed by atoms with E-state index in [0.29, 0.717) is 23.3 Å². The summed E-state index contributed by atoms with van der Waals surface area (Å²) in [5, 5.41) is 20.5. The minimum Gasteiger partial charge on any atom is -0.394 e. The minimum absolute atomic E-state index is 0.105. The molecule has 0 heterocycles. The molecule has 0 aromatic heterocycles. The third kappa shape index (κ3) is 4.68. The Hall–Kier alpha value is -3.11. The first-order valence-electron chi connectivity index (χ1n) is 7.18. The second-order valence-corrected chi connectivity index (χ2v) is 5.11. The highest BCUT2D eigenvalue weighted by Gasteiger charge is 2.18. The molecular formula is C18H13F3N2O2. The largest absolute Gasteiger partial charge is 0.394 e. The van der Waals surface area contributed by atoms with Gasteiger partial charge in [0.25, 0.3) is 0 Å². The lowest BCUT2D eigenvalue weighted by Crippen LogP contribution is -2.29. The molecule has 2 rings (SSSR count). The third-order valence-corrected chi connectivity index (χ3v) is 3.35. The van der Waals surface area contributed by atoms with Crippen LogP contribution in [0.1, 0.15) is 22.7 Å². The Morgan fingerprint density at radius 1 is 1.24 bits per heavy atom. The molecule has 0 fully saturated rings. The van der Waals surface area contributed by atoms with E-state index in [1.54, 1.807) is 24.3 Å². The van der Waals surface area contributed by atoms with E-state index in [2.05, 4.69) is 5.32 Å². The Labute approximate surface area is 141 Å². The number of nitrogens with zero attached hydrogens (tertiary/aromatic N) is 1. The highest BCUT2D eigenvalue weighted by Crippen LogP contribution is 2.19.